The lowest BCUT2D eigenvalue weighted by molar-refractivity contribution is 0.244. The van der Waals surface area contributed by atoms with E-state index < -0.39 is 0 Å². The van der Waals surface area contributed by atoms with Crippen LogP contribution in [0.15, 0.2) is 18.2 Å². The number of halogens is 1. The first-order chi connectivity index (χ1) is 7.17. The van der Waals surface area contributed by atoms with Crippen molar-refractivity contribution in [2.75, 3.05) is 25.6 Å². The van der Waals surface area contributed by atoms with E-state index in [2.05, 4.69) is 5.32 Å². The Balaban J connectivity index is 2.66. The number of hydrogen-bond donors (Lipinski definition) is 2. The van der Waals surface area contributed by atoms with E-state index in [0.29, 0.717) is 18.0 Å². The van der Waals surface area contributed by atoms with Gasteiger partial charge < -0.3 is 15.2 Å². The summed E-state index contributed by atoms with van der Waals surface area (Å²) in [4.78, 5) is 0. The molecule has 84 valence electrons. The molecule has 1 unspecified atom stereocenters. The second-order valence-electron chi connectivity index (χ2n) is 3.51. The molecule has 4 heteroatoms. The average molecular weight is 213 g/mol. The summed E-state index contributed by atoms with van der Waals surface area (Å²) >= 11 is 0. The number of anilines is 1. The molecule has 2 N–H and O–H groups in total. The molecule has 0 saturated carbocycles. The highest BCUT2D eigenvalue weighted by molar-refractivity contribution is 5.49. The van der Waals surface area contributed by atoms with Crippen LogP contribution in [-0.4, -0.2) is 25.4 Å². The molecule has 0 aliphatic rings. The lowest BCUT2D eigenvalue weighted by atomic mass is 10.2. The number of benzene rings is 1. The maximum absolute atomic E-state index is 13.3. The van der Waals surface area contributed by atoms with Crippen molar-refractivity contribution >= 4 is 5.69 Å². The molecule has 0 bridgehead atoms. The zero-order valence-corrected chi connectivity index (χ0v) is 8.96. The van der Waals surface area contributed by atoms with Crippen molar-refractivity contribution in [3.63, 3.8) is 0 Å². The van der Waals surface area contributed by atoms with Crippen molar-refractivity contribution in [2.45, 2.75) is 6.92 Å². The molecule has 0 heterocycles. The van der Waals surface area contributed by atoms with Crippen LogP contribution in [0.1, 0.15) is 6.92 Å². The molecular weight excluding hydrogens is 197 g/mol. The Hall–Kier alpha value is -1.29. The van der Waals surface area contributed by atoms with E-state index in [1.54, 1.807) is 12.1 Å². The molecule has 1 aromatic carbocycles. The molecule has 0 spiro atoms. The van der Waals surface area contributed by atoms with Crippen LogP contribution in [0, 0.1) is 11.7 Å². The lowest BCUT2D eigenvalue weighted by Gasteiger charge is -2.12. The van der Waals surface area contributed by atoms with Gasteiger partial charge in [-0.3, -0.25) is 0 Å². The van der Waals surface area contributed by atoms with Crippen LogP contribution < -0.4 is 10.1 Å². The van der Waals surface area contributed by atoms with E-state index in [1.165, 1.54) is 13.2 Å². The highest BCUT2D eigenvalue weighted by Gasteiger charge is 2.05. The van der Waals surface area contributed by atoms with Gasteiger partial charge >= 0.3 is 0 Å². The highest BCUT2D eigenvalue weighted by Crippen LogP contribution is 2.21. The number of aliphatic hydroxyl groups excluding tert-OH is 1. The van der Waals surface area contributed by atoms with E-state index >= 15 is 0 Å². The minimum atomic E-state index is -0.319. The molecule has 0 amide bonds. The fourth-order valence-electron chi connectivity index (χ4n) is 1.12. The topological polar surface area (TPSA) is 41.5 Å². The summed E-state index contributed by atoms with van der Waals surface area (Å²) in [6.07, 6.45) is 0. The minimum Gasteiger partial charge on any atom is -0.497 e. The highest BCUT2D eigenvalue weighted by atomic mass is 19.1. The summed E-state index contributed by atoms with van der Waals surface area (Å²) in [6, 6.07) is 4.51. The summed E-state index contributed by atoms with van der Waals surface area (Å²) < 4.78 is 18.3. The Bertz CT molecular complexity index is 317. The zero-order chi connectivity index (χ0) is 11.3. The van der Waals surface area contributed by atoms with Crippen molar-refractivity contribution in [1.82, 2.24) is 0 Å². The molecule has 1 aromatic rings. The molecule has 0 aliphatic heterocycles. The Morgan fingerprint density at radius 2 is 2.27 bits per heavy atom. The smallest absolute Gasteiger partial charge is 0.146 e. The maximum atomic E-state index is 13.3. The number of ether oxygens (including phenoxy) is 1. The van der Waals surface area contributed by atoms with Gasteiger partial charge in [0, 0.05) is 19.2 Å². The normalized spacial score (nSPS) is 12.3. The Morgan fingerprint density at radius 3 is 2.87 bits per heavy atom. The Kier molecular flexibility index (Phi) is 4.37. The largest absolute Gasteiger partial charge is 0.497 e. The predicted octanol–water partition coefficient (Wildman–Crippen LogP) is 1.87. The van der Waals surface area contributed by atoms with Crippen LogP contribution in [-0.2, 0) is 0 Å². The van der Waals surface area contributed by atoms with Crippen LogP contribution >= 0.6 is 0 Å². The summed E-state index contributed by atoms with van der Waals surface area (Å²) in [5.74, 6) is 0.382. The summed E-state index contributed by atoms with van der Waals surface area (Å²) in [6.45, 7) is 2.49. The van der Waals surface area contributed by atoms with Gasteiger partial charge in [-0.05, 0) is 18.1 Å². The molecule has 0 aliphatic carbocycles. The summed E-state index contributed by atoms with van der Waals surface area (Å²) in [5, 5.41) is 11.7. The third-order valence-corrected chi connectivity index (χ3v) is 2.13. The number of methoxy groups -OCH3 is 1. The molecule has 0 radical (unpaired) electrons. The monoisotopic (exact) mass is 213 g/mol. The number of rotatable bonds is 5. The van der Waals surface area contributed by atoms with Gasteiger partial charge in [-0.1, -0.05) is 6.92 Å². The van der Waals surface area contributed by atoms with Crippen molar-refractivity contribution in [3.05, 3.63) is 24.0 Å². The molecule has 1 rings (SSSR count). The van der Waals surface area contributed by atoms with Crippen LogP contribution in [0.3, 0.4) is 0 Å². The van der Waals surface area contributed by atoms with E-state index in [1.807, 2.05) is 6.92 Å². The van der Waals surface area contributed by atoms with Gasteiger partial charge in [0.25, 0.3) is 0 Å². The molecule has 3 nitrogen and oxygen atoms in total. The minimum absolute atomic E-state index is 0.0819. The van der Waals surface area contributed by atoms with Gasteiger partial charge in [-0.2, -0.15) is 0 Å². The van der Waals surface area contributed by atoms with Crippen LogP contribution in [0.2, 0.25) is 0 Å². The standard InChI is InChI=1S/C11H16FNO2/c1-8(7-14)6-13-11-5-9(15-2)3-4-10(11)12/h3-5,8,13-14H,6-7H2,1-2H3. The second-order valence-corrected chi connectivity index (χ2v) is 3.51. The molecule has 0 saturated heterocycles. The van der Waals surface area contributed by atoms with Gasteiger partial charge in [-0.15, -0.1) is 0 Å². The Labute approximate surface area is 88.9 Å². The van der Waals surface area contributed by atoms with Gasteiger partial charge in [0.1, 0.15) is 11.6 Å². The molecular formula is C11H16FNO2. The van der Waals surface area contributed by atoms with Gasteiger partial charge in [0.15, 0.2) is 0 Å². The second kappa shape index (κ2) is 5.56. The van der Waals surface area contributed by atoms with Crippen LogP contribution in [0.5, 0.6) is 5.75 Å². The molecule has 15 heavy (non-hydrogen) atoms. The molecule has 1 atom stereocenters. The molecule has 0 aromatic heterocycles. The average Bonchev–Trinajstić information content (AvgIpc) is 2.27. The number of nitrogens with one attached hydrogen (secondary N) is 1. The van der Waals surface area contributed by atoms with E-state index in [9.17, 15) is 4.39 Å². The number of aliphatic hydroxyl groups is 1. The van der Waals surface area contributed by atoms with Crippen molar-refractivity contribution in [3.8, 4) is 5.75 Å². The van der Waals surface area contributed by atoms with Gasteiger partial charge in [0.05, 0.1) is 12.8 Å². The van der Waals surface area contributed by atoms with Crippen molar-refractivity contribution in [1.29, 1.82) is 0 Å². The van der Waals surface area contributed by atoms with Crippen molar-refractivity contribution in [2.24, 2.45) is 5.92 Å². The van der Waals surface area contributed by atoms with Gasteiger partial charge in [-0.25, -0.2) is 4.39 Å². The SMILES string of the molecule is COc1ccc(F)c(NCC(C)CO)c1. The fourth-order valence-corrected chi connectivity index (χ4v) is 1.12. The zero-order valence-electron chi connectivity index (χ0n) is 8.96. The van der Waals surface area contributed by atoms with E-state index in [4.69, 9.17) is 9.84 Å². The first kappa shape index (κ1) is 11.8. The number of hydrogen-bond acceptors (Lipinski definition) is 3. The lowest BCUT2D eigenvalue weighted by Crippen LogP contribution is -2.15. The predicted molar refractivity (Wildman–Crippen MR) is 57.7 cm³/mol. The van der Waals surface area contributed by atoms with Crippen LogP contribution in [0.25, 0.3) is 0 Å². The first-order valence-corrected chi connectivity index (χ1v) is 4.85. The quantitative estimate of drug-likeness (QED) is 0.784. The molecule has 0 fully saturated rings. The Morgan fingerprint density at radius 1 is 1.53 bits per heavy atom. The van der Waals surface area contributed by atoms with Gasteiger partial charge in [0.2, 0.25) is 0 Å². The first-order valence-electron chi connectivity index (χ1n) is 4.85. The van der Waals surface area contributed by atoms with Crippen molar-refractivity contribution < 1.29 is 14.2 Å². The third-order valence-electron chi connectivity index (χ3n) is 2.13. The summed E-state index contributed by atoms with van der Waals surface area (Å²) in [5.41, 5.74) is 0.398. The van der Waals surface area contributed by atoms with Crippen LogP contribution in [0.4, 0.5) is 10.1 Å². The summed E-state index contributed by atoms with van der Waals surface area (Å²) in [7, 11) is 1.54. The maximum Gasteiger partial charge on any atom is 0.146 e. The fraction of sp³-hybridized carbons (Fsp3) is 0.455. The van der Waals surface area contributed by atoms with E-state index in [-0.39, 0.29) is 18.3 Å². The van der Waals surface area contributed by atoms with E-state index in [0.717, 1.165) is 0 Å². The third kappa shape index (κ3) is 3.40.